The summed E-state index contributed by atoms with van der Waals surface area (Å²) in [6.45, 7) is 2.79. The van der Waals surface area contributed by atoms with E-state index in [2.05, 4.69) is 15.7 Å². The number of anilines is 1. The van der Waals surface area contributed by atoms with Crippen molar-refractivity contribution in [1.29, 1.82) is 0 Å². The summed E-state index contributed by atoms with van der Waals surface area (Å²) in [5.41, 5.74) is 0.292. The Morgan fingerprint density at radius 3 is 2.60 bits per heavy atom. The van der Waals surface area contributed by atoms with Crippen LogP contribution in [0.2, 0.25) is 0 Å². The van der Waals surface area contributed by atoms with Gasteiger partial charge < -0.3 is 10.6 Å². The number of rotatable bonds is 5. The summed E-state index contributed by atoms with van der Waals surface area (Å²) in [6.07, 6.45) is -3.44. The van der Waals surface area contributed by atoms with E-state index in [0.717, 1.165) is 22.5 Å². The quantitative estimate of drug-likeness (QED) is 0.867. The van der Waals surface area contributed by atoms with Gasteiger partial charge in [-0.3, -0.25) is 14.3 Å². The lowest BCUT2D eigenvalue weighted by molar-refractivity contribution is -0.141. The maximum Gasteiger partial charge on any atom is 0.435 e. The molecule has 2 amide bonds. The number of aromatic nitrogens is 2. The van der Waals surface area contributed by atoms with Gasteiger partial charge in [0.1, 0.15) is 6.54 Å². The van der Waals surface area contributed by atoms with Gasteiger partial charge in [-0.25, -0.2) is 0 Å². The maximum atomic E-state index is 12.5. The van der Waals surface area contributed by atoms with E-state index in [9.17, 15) is 22.8 Å². The number of hydrogen-bond donors (Lipinski definition) is 2. The molecule has 1 heterocycles. The fourth-order valence-corrected chi connectivity index (χ4v) is 2.21. The van der Waals surface area contributed by atoms with Crippen LogP contribution in [0.1, 0.15) is 31.1 Å². The highest BCUT2D eigenvalue weighted by molar-refractivity contribution is 5.88. The van der Waals surface area contributed by atoms with E-state index in [0.29, 0.717) is 5.69 Å². The Morgan fingerprint density at radius 2 is 2.00 bits per heavy atom. The van der Waals surface area contributed by atoms with Crippen molar-refractivity contribution in [3.8, 4) is 0 Å². The standard InChI is InChI=1S/C16H17F3N4O2/c1-10(12-4-3-5-13(8-12)21-11(2)24)20-15(25)9-23-7-6-14(22-23)16(17,18)19/h3-8,10H,9H2,1-2H3,(H,20,25)(H,21,24). The van der Waals surface area contributed by atoms with Crippen molar-refractivity contribution < 1.29 is 22.8 Å². The number of nitrogens with zero attached hydrogens (tertiary/aromatic N) is 2. The molecule has 134 valence electrons. The predicted molar refractivity (Wildman–Crippen MR) is 84.5 cm³/mol. The second-order valence-corrected chi connectivity index (χ2v) is 5.49. The predicted octanol–water partition coefficient (Wildman–Crippen LogP) is 2.74. The molecule has 0 bridgehead atoms. The van der Waals surface area contributed by atoms with E-state index in [-0.39, 0.29) is 18.5 Å². The highest BCUT2D eigenvalue weighted by Crippen LogP contribution is 2.27. The van der Waals surface area contributed by atoms with Gasteiger partial charge in [-0.1, -0.05) is 12.1 Å². The Hall–Kier alpha value is -2.84. The highest BCUT2D eigenvalue weighted by Gasteiger charge is 2.33. The molecule has 1 aromatic carbocycles. The lowest BCUT2D eigenvalue weighted by Crippen LogP contribution is -2.30. The van der Waals surface area contributed by atoms with Crippen LogP contribution < -0.4 is 10.6 Å². The molecule has 2 rings (SSSR count). The molecule has 0 fully saturated rings. The molecular weight excluding hydrogens is 337 g/mol. The zero-order valence-corrected chi connectivity index (χ0v) is 13.6. The number of halogens is 3. The molecule has 0 radical (unpaired) electrons. The van der Waals surface area contributed by atoms with Crippen LogP contribution in [0.15, 0.2) is 36.5 Å². The van der Waals surface area contributed by atoms with Gasteiger partial charge in [0.25, 0.3) is 0 Å². The van der Waals surface area contributed by atoms with Crippen LogP contribution in [0.4, 0.5) is 18.9 Å². The van der Waals surface area contributed by atoms with E-state index in [1.807, 2.05) is 0 Å². The second kappa shape index (κ2) is 7.37. The summed E-state index contributed by atoms with van der Waals surface area (Å²) >= 11 is 0. The summed E-state index contributed by atoms with van der Waals surface area (Å²) in [5.74, 6) is -0.692. The number of nitrogens with one attached hydrogen (secondary N) is 2. The SMILES string of the molecule is CC(=O)Nc1cccc(C(C)NC(=O)Cn2ccc(C(F)(F)F)n2)c1. The van der Waals surface area contributed by atoms with Gasteiger partial charge in [-0.05, 0) is 30.7 Å². The molecule has 0 spiro atoms. The van der Waals surface area contributed by atoms with Crippen LogP contribution in [0.25, 0.3) is 0 Å². The van der Waals surface area contributed by atoms with Gasteiger partial charge in [0, 0.05) is 18.8 Å². The topological polar surface area (TPSA) is 76.0 Å². The lowest BCUT2D eigenvalue weighted by Gasteiger charge is -2.15. The normalized spacial score (nSPS) is 12.5. The fourth-order valence-electron chi connectivity index (χ4n) is 2.21. The van der Waals surface area contributed by atoms with E-state index >= 15 is 0 Å². The van der Waals surface area contributed by atoms with Gasteiger partial charge in [0.15, 0.2) is 5.69 Å². The molecule has 0 saturated heterocycles. The fraction of sp³-hybridized carbons (Fsp3) is 0.312. The van der Waals surface area contributed by atoms with Gasteiger partial charge in [-0.2, -0.15) is 18.3 Å². The molecule has 9 heteroatoms. The largest absolute Gasteiger partial charge is 0.435 e. The maximum absolute atomic E-state index is 12.5. The van der Waals surface area contributed by atoms with E-state index < -0.39 is 17.8 Å². The summed E-state index contributed by atoms with van der Waals surface area (Å²) in [6, 6.07) is 7.34. The Kier molecular flexibility index (Phi) is 5.45. The van der Waals surface area contributed by atoms with Crippen molar-refractivity contribution in [3.63, 3.8) is 0 Å². The first kappa shape index (κ1) is 18.5. The first-order valence-corrected chi connectivity index (χ1v) is 7.42. The molecule has 1 unspecified atom stereocenters. The van der Waals surface area contributed by atoms with Crippen LogP contribution in [0.5, 0.6) is 0 Å². The minimum atomic E-state index is -4.54. The molecule has 1 atom stereocenters. The van der Waals surface area contributed by atoms with Crippen LogP contribution in [-0.2, 0) is 22.3 Å². The van der Waals surface area contributed by atoms with Crippen molar-refractivity contribution in [1.82, 2.24) is 15.1 Å². The Bertz CT molecular complexity index is 771. The van der Waals surface area contributed by atoms with Gasteiger partial charge >= 0.3 is 6.18 Å². The second-order valence-electron chi connectivity index (χ2n) is 5.49. The molecule has 1 aromatic heterocycles. The Morgan fingerprint density at radius 1 is 1.28 bits per heavy atom. The van der Waals surface area contributed by atoms with E-state index in [4.69, 9.17) is 0 Å². The Labute approximate surface area is 142 Å². The summed E-state index contributed by atoms with van der Waals surface area (Å²) in [5, 5.41) is 8.65. The molecule has 0 aliphatic rings. The van der Waals surface area contributed by atoms with Crippen LogP contribution in [0, 0.1) is 0 Å². The minimum absolute atomic E-state index is 0.215. The third-order valence-corrected chi connectivity index (χ3v) is 3.32. The molecule has 0 aliphatic heterocycles. The monoisotopic (exact) mass is 354 g/mol. The molecule has 25 heavy (non-hydrogen) atoms. The summed E-state index contributed by atoms with van der Waals surface area (Å²) < 4.78 is 38.4. The minimum Gasteiger partial charge on any atom is -0.348 e. The van der Waals surface area contributed by atoms with Crippen molar-refractivity contribution in [2.75, 3.05) is 5.32 Å². The highest BCUT2D eigenvalue weighted by atomic mass is 19.4. The molecule has 2 N–H and O–H groups in total. The molecular formula is C16H17F3N4O2. The number of amides is 2. The number of hydrogen-bond acceptors (Lipinski definition) is 3. The first-order valence-electron chi connectivity index (χ1n) is 7.42. The number of alkyl halides is 3. The van der Waals surface area contributed by atoms with Crippen molar-refractivity contribution >= 4 is 17.5 Å². The smallest absolute Gasteiger partial charge is 0.348 e. The van der Waals surface area contributed by atoms with Crippen LogP contribution in [-0.4, -0.2) is 21.6 Å². The average molecular weight is 354 g/mol. The third-order valence-electron chi connectivity index (χ3n) is 3.32. The molecule has 0 aliphatic carbocycles. The van der Waals surface area contributed by atoms with Crippen LogP contribution in [0.3, 0.4) is 0 Å². The number of benzene rings is 1. The average Bonchev–Trinajstić information content (AvgIpc) is 2.95. The third kappa shape index (κ3) is 5.33. The van der Waals surface area contributed by atoms with Crippen molar-refractivity contribution in [2.24, 2.45) is 0 Å². The van der Waals surface area contributed by atoms with E-state index in [1.165, 1.54) is 6.92 Å². The Balaban J connectivity index is 1.98. The first-order chi connectivity index (χ1) is 11.6. The number of carbonyl (C=O) groups is 2. The van der Waals surface area contributed by atoms with Gasteiger partial charge in [-0.15, -0.1) is 0 Å². The molecule has 6 nitrogen and oxygen atoms in total. The lowest BCUT2D eigenvalue weighted by atomic mass is 10.1. The summed E-state index contributed by atoms with van der Waals surface area (Å²) in [4.78, 5) is 23.1. The number of carbonyl (C=O) groups excluding carboxylic acids is 2. The van der Waals surface area contributed by atoms with Gasteiger partial charge in [0.05, 0.1) is 6.04 Å². The van der Waals surface area contributed by atoms with Crippen molar-refractivity contribution in [2.45, 2.75) is 32.6 Å². The summed E-state index contributed by atoms with van der Waals surface area (Å²) in [7, 11) is 0. The zero-order chi connectivity index (χ0) is 18.6. The molecule has 2 aromatic rings. The zero-order valence-electron chi connectivity index (χ0n) is 13.6. The van der Waals surface area contributed by atoms with Gasteiger partial charge in [0.2, 0.25) is 11.8 Å². The van der Waals surface area contributed by atoms with Crippen molar-refractivity contribution in [3.05, 3.63) is 47.8 Å². The molecule has 0 saturated carbocycles. The van der Waals surface area contributed by atoms with Crippen LogP contribution >= 0.6 is 0 Å². The van der Waals surface area contributed by atoms with E-state index in [1.54, 1.807) is 31.2 Å².